The van der Waals surface area contributed by atoms with Crippen molar-refractivity contribution in [3.63, 3.8) is 0 Å². The lowest BCUT2D eigenvalue weighted by molar-refractivity contribution is 0.468. The van der Waals surface area contributed by atoms with Crippen LogP contribution in [0.1, 0.15) is 0 Å². The molecule has 0 unspecified atom stereocenters. The van der Waals surface area contributed by atoms with Crippen LogP contribution >= 0.6 is 0 Å². The number of fused-ring (bicyclic) bond motifs is 2. The maximum absolute atomic E-state index is 11.4. The Hall–Kier alpha value is -3.98. The van der Waals surface area contributed by atoms with E-state index in [9.17, 15) is 15.3 Å². The van der Waals surface area contributed by atoms with E-state index in [2.05, 4.69) is 0 Å². The second-order valence-corrected chi connectivity index (χ2v) is 7.07. The maximum Gasteiger partial charge on any atom is 0.132 e. The molecule has 0 bridgehead atoms. The van der Waals surface area contributed by atoms with Crippen LogP contribution in [0.15, 0.2) is 91.0 Å². The number of aromatic hydroxyl groups is 3. The molecule has 140 valence electrons. The number of phenolic OH excluding ortho intramolecular Hbond substituents is 3. The summed E-state index contributed by atoms with van der Waals surface area (Å²) in [5.41, 5.74) is 2.19. The quantitative estimate of drug-likeness (QED) is 0.331. The summed E-state index contributed by atoms with van der Waals surface area (Å²) in [6.07, 6.45) is 0. The molecule has 3 N–H and O–H groups in total. The van der Waals surface area contributed by atoms with Gasteiger partial charge in [0.05, 0.1) is 0 Å². The molecule has 0 aliphatic rings. The molecular weight excluding hydrogens is 360 g/mol. The highest BCUT2D eigenvalue weighted by Crippen LogP contribution is 2.49. The molecule has 0 aromatic heterocycles. The fraction of sp³-hybridized carbons (Fsp3) is 0. The van der Waals surface area contributed by atoms with E-state index in [4.69, 9.17) is 0 Å². The first-order chi connectivity index (χ1) is 14.1. The van der Waals surface area contributed by atoms with Gasteiger partial charge in [0, 0.05) is 22.3 Å². The minimum atomic E-state index is 0.0249. The van der Waals surface area contributed by atoms with Crippen molar-refractivity contribution in [2.75, 3.05) is 0 Å². The molecule has 0 saturated heterocycles. The van der Waals surface area contributed by atoms with Crippen molar-refractivity contribution in [1.82, 2.24) is 0 Å². The van der Waals surface area contributed by atoms with Crippen molar-refractivity contribution in [1.29, 1.82) is 0 Å². The molecular formula is C26H18O3. The Morgan fingerprint density at radius 3 is 1.83 bits per heavy atom. The lowest BCUT2D eigenvalue weighted by Crippen LogP contribution is -1.90. The van der Waals surface area contributed by atoms with Gasteiger partial charge in [0.1, 0.15) is 17.2 Å². The Bertz CT molecular complexity index is 1390. The van der Waals surface area contributed by atoms with Gasteiger partial charge in [0.2, 0.25) is 0 Å². The van der Waals surface area contributed by atoms with Gasteiger partial charge in [-0.25, -0.2) is 0 Å². The van der Waals surface area contributed by atoms with Gasteiger partial charge in [0.25, 0.3) is 0 Å². The normalized spacial score (nSPS) is 11.2. The topological polar surface area (TPSA) is 60.7 Å². The van der Waals surface area contributed by atoms with Crippen LogP contribution in [0.2, 0.25) is 0 Å². The standard InChI is InChI=1S/C26H18O3/c27-22-12-6-5-11-20(22)21-15-17-8-2-4-10-19(17)25(26(21)29)24-18-9-3-1-7-16(18)13-14-23(24)28/h1-15,27-29H. The second-order valence-electron chi connectivity index (χ2n) is 7.07. The van der Waals surface area contributed by atoms with Crippen molar-refractivity contribution in [2.24, 2.45) is 0 Å². The van der Waals surface area contributed by atoms with Crippen LogP contribution in [-0.4, -0.2) is 15.3 Å². The van der Waals surface area contributed by atoms with E-state index in [1.165, 1.54) is 0 Å². The lowest BCUT2D eigenvalue weighted by Gasteiger charge is -2.17. The molecule has 0 saturated carbocycles. The molecule has 0 radical (unpaired) electrons. The molecule has 5 aromatic carbocycles. The van der Waals surface area contributed by atoms with Crippen LogP contribution in [0.25, 0.3) is 43.8 Å². The SMILES string of the molecule is Oc1ccccc1-c1cc2ccccc2c(-c2c(O)ccc3ccccc23)c1O. The minimum absolute atomic E-state index is 0.0249. The zero-order valence-corrected chi connectivity index (χ0v) is 15.5. The van der Waals surface area contributed by atoms with Gasteiger partial charge in [0.15, 0.2) is 0 Å². The lowest BCUT2D eigenvalue weighted by atomic mass is 9.88. The number of benzene rings is 5. The van der Waals surface area contributed by atoms with Gasteiger partial charge >= 0.3 is 0 Å². The van der Waals surface area contributed by atoms with Crippen LogP contribution in [0.5, 0.6) is 17.2 Å². The van der Waals surface area contributed by atoms with Crippen molar-refractivity contribution < 1.29 is 15.3 Å². The summed E-state index contributed by atoms with van der Waals surface area (Å²) in [4.78, 5) is 0. The molecule has 5 aromatic rings. The third kappa shape index (κ3) is 2.67. The molecule has 29 heavy (non-hydrogen) atoms. The summed E-state index contributed by atoms with van der Waals surface area (Å²) in [7, 11) is 0. The number of rotatable bonds is 2. The summed E-state index contributed by atoms with van der Waals surface area (Å²) in [6, 6.07) is 27.8. The molecule has 0 fully saturated rings. The first kappa shape index (κ1) is 17.1. The van der Waals surface area contributed by atoms with Crippen molar-refractivity contribution in [3.05, 3.63) is 91.0 Å². The number of hydrogen-bond acceptors (Lipinski definition) is 3. The van der Waals surface area contributed by atoms with Crippen LogP contribution < -0.4 is 0 Å². The number of para-hydroxylation sites is 1. The summed E-state index contributed by atoms with van der Waals surface area (Å²) < 4.78 is 0. The predicted molar refractivity (Wildman–Crippen MR) is 117 cm³/mol. The fourth-order valence-corrected chi connectivity index (χ4v) is 4.02. The molecule has 0 atom stereocenters. The van der Waals surface area contributed by atoms with E-state index < -0.39 is 0 Å². The largest absolute Gasteiger partial charge is 0.507 e. The van der Waals surface area contributed by atoms with E-state index in [1.807, 2.05) is 66.7 Å². The van der Waals surface area contributed by atoms with E-state index in [0.717, 1.165) is 21.5 Å². The average Bonchev–Trinajstić information content (AvgIpc) is 2.75. The van der Waals surface area contributed by atoms with E-state index >= 15 is 0 Å². The average molecular weight is 378 g/mol. The summed E-state index contributed by atoms with van der Waals surface area (Å²) in [6.45, 7) is 0. The van der Waals surface area contributed by atoms with Gasteiger partial charge in [-0.15, -0.1) is 0 Å². The van der Waals surface area contributed by atoms with E-state index in [0.29, 0.717) is 22.3 Å². The minimum Gasteiger partial charge on any atom is -0.507 e. The zero-order valence-electron chi connectivity index (χ0n) is 15.5. The van der Waals surface area contributed by atoms with Crippen molar-refractivity contribution in [2.45, 2.75) is 0 Å². The zero-order chi connectivity index (χ0) is 20.0. The van der Waals surface area contributed by atoms with Gasteiger partial charge in [-0.3, -0.25) is 0 Å². The van der Waals surface area contributed by atoms with Gasteiger partial charge in [-0.2, -0.15) is 0 Å². The van der Waals surface area contributed by atoms with Crippen molar-refractivity contribution >= 4 is 21.5 Å². The predicted octanol–water partition coefficient (Wildman–Crippen LogP) is 6.44. The fourth-order valence-electron chi connectivity index (χ4n) is 4.02. The van der Waals surface area contributed by atoms with Crippen LogP contribution in [-0.2, 0) is 0 Å². The number of hydrogen-bond donors (Lipinski definition) is 3. The van der Waals surface area contributed by atoms with Crippen molar-refractivity contribution in [3.8, 4) is 39.5 Å². The molecule has 0 amide bonds. The smallest absolute Gasteiger partial charge is 0.132 e. The van der Waals surface area contributed by atoms with Gasteiger partial charge in [-0.1, -0.05) is 72.8 Å². The molecule has 3 nitrogen and oxygen atoms in total. The Morgan fingerprint density at radius 2 is 1.07 bits per heavy atom. The summed E-state index contributed by atoms with van der Waals surface area (Å²) in [5, 5.41) is 36.1. The molecule has 5 rings (SSSR count). The van der Waals surface area contributed by atoms with E-state index in [1.54, 1.807) is 24.3 Å². The Labute approximate surface area is 167 Å². The molecule has 0 heterocycles. The van der Waals surface area contributed by atoms with Gasteiger partial charge < -0.3 is 15.3 Å². The third-order valence-electron chi connectivity index (χ3n) is 5.37. The van der Waals surface area contributed by atoms with Gasteiger partial charge in [-0.05, 0) is 39.7 Å². The Kier molecular flexibility index (Phi) is 3.88. The first-order valence-corrected chi connectivity index (χ1v) is 9.39. The molecule has 0 aliphatic heterocycles. The first-order valence-electron chi connectivity index (χ1n) is 9.39. The highest BCUT2D eigenvalue weighted by atomic mass is 16.3. The molecule has 3 heteroatoms. The monoisotopic (exact) mass is 378 g/mol. The second kappa shape index (κ2) is 6.57. The molecule has 0 aliphatic carbocycles. The Morgan fingerprint density at radius 1 is 0.448 bits per heavy atom. The summed E-state index contributed by atoms with van der Waals surface area (Å²) >= 11 is 0. The third-order valence-corrected chi connectivity index (χ3v) is 5.37. The number of phenols is 3. The highest BCUT2D eigenvalue weighted by molar-refractivity contribution is 6.12. The van der Waals surface area contributed by atoms with Crippen LogP contribution in [0, 0.1) is 0 Å². The highest BCUT2D eigenvalue weighted by Gasteiger charge is 2.21. The maximum atomic E-state index is 11.4. The summed E-state index contributed by atoms with van der Waals surface area (Å²) in [5.74, 6) is 0.210. The Balaban J connectivity index is 1.97. The van der Waals surface area contributed by atoms with E-state index in [-0.39, 0.29) is 17.2 Å². The molecule has 0 spiro atoms. The van der Waals surface area contributed by atoms with Crippen LogP contribution in [0.4, 0.5) is 0 Å². The van der Waals surface area contributed by atoms with Crippen LogP contribution in [0.3, 0.4) is 0 Å².